The number of rotatable bonds is 5. The quantitative estimate of drug-likeness (QED) is 0.199. The van der Waals surface area contributed by atoms with Crippen LogP contribution < -0.4 is 29.0 Å². The summed E-state index contributed by atoms with van der Waals surface area (Å²) in [5, 5.41) is 0.943. The van der Waals surface area contributed by atoms with Crippen LogP contribution in [0.3, 0.4) is 0 Å². The van der Waals surface area contributed by atoms with Gasteiger partial charge in [-0.25, -0.2) is 8.42 Å². The van der Waals surface area contributed by atoms with E-state index in [1.807, 2.05) is 67.9 Å². The molecule has 232 valence electrons. The molecule has 3 aromatic carbocycles. The fourth-order valence-corrected chi connectivity index (χ4v) is 7.61. The van der Waals surface area contributed by atoms with Crippen molar-refractivity contribution in [3.63, 3.8) is 0 Å². The highest BCUT2D eigenvalue weighted by Gasteiger charge is 2.26. The standard InChI is InChI=1S/C24H24N3O3S2.C7H8O3S.CH4/c1-5-26-16-9-7-8-10-18(16)30-20(26)14-21-27(6-2)23(28)22(32-21)24-25(3)17-13-15(29-4)11-12-19(17)31-24;1-6-2-4-7(5-3-6)11(8,9)10;/h7-14H,5-6H2,1-4H3;2-5H,1H3,(H,8,9,10);1H4/q+1;;/p-1/b24-22-;;. The molecular formula is C32H35N3O6S3. The van der Waals surface area contributed by atoms with Crippen LogP contribution in [0.1, 0.15) is 32.7 Å². The average molecular weight is 654 g/mol. The topological polar surface area (TPSA) is 109 Å². The van der Waals surface area contributed by atoms with Gasteiger partial charge in [-0.3, -0.25) is 9.36 Å². The summed E-state index contributed by atoms with van der Waals surface area (Å²) in [5.74, 6) is 1.55. The van der Waals surface area contributed by atoms with Gasteiger partial charge < -0.3 is 18.6 Å². The van der Waals surface area contributed by atoms with Gasteiger partial charge in [-0.15, -0.1) is 11.3 Å². The van der Waals surface area contributed by atoms with Crippen LogP contribution >= 0.6 is 23.1 Å². The number of anilines is 1. The molecule has 0 atom stereocenters. The maximum absolute atomic E-state index is 13.4. The molecule has 3 heterocycles. The fourth-order valence-electron chi connectivity index (χ4n) is 4.72. The lowest BCUT2D eigenvalue weighted by atomic mass is 10.2. The smallest absolute Gasteiger partial charge is 0.377 e. The summed E-state index contributed by atoms with van der Waals surface area (Å²) in [5.41, 5.74) is 3.89. The van der Waals surface area contributed by atoms with Gasteiger partial charge in [-0.2, -0.15) is 4.57 Å². The van der Waals surface area contributed by atoms with Gasteiger partial charge in [0, 0.05) is 30.6 Å². The molecule has 0 N–H and O–H groups in total. The first-order chi connectivity index (χ1) is 20.5. The molecular weight excluding hydrogens is 619 g/mol. The summed E-state index contributed by atoms with van der Waals surface area (Å²) in [7, 11) is -0.610. The molecule has 1 aliphatic heterocycles. The summed E-state index contributed by atoms with van der Waals surface area (Å²) in [6, 6.07) is 19.8. The van der Waals surface area contributed by atoms with E-state index in [1.54, 1.807) is 31.0 Å². The number of hydrogen-bond acceptors (Lipinski definition) is 9. The molecule has 0 aliphatic carbocycles. The first kappa shape index (κ1) is 33.1. The third kappa shape index (κ3) is 6.48. The third-order valence-corrected chi connectivity index (χ3v) is 10.3. The van der Waals surface area contributed by atoms with Crippen LogP contribution in [0.25, 0.3) is 22.2 Å². The van der Waals surface area contributed by atoms with E-state index in [-0.39, 0.29) is 17.9 Å². The second-order valence-electron chi connectivity index (χ2n) is 9.68. The van der Waals surface area contributed by atoms with E-state index in [0.29, 0.717) is 6.54 Å². The number of para-hydroxylation sites is 2. The number of benzene rings is 3. The molecule has 0 fully saturated rings. The number of oxazole rings is 1. The largest absolute Gasteiger partial charge is 0.744 e. The number of fused-ring (bicyclic) bond motifs is 2. The number of nitrogens with zero attached hydrogens (tertiary/aromatic N) is 3. The Labute approximate surface area is 265 Å². The predicted octanol–water partition coefficient (Wildman–Crippen LogP) is 4.66. The summed E-state index contributed by atoms with van der Waals surface area (Å²) < 4.78 is 48.2. The van der Waals surface area contributed by atoms with Crippen molar-refractivity contribution < 1.29 is 26.7 Å². The first-order valence-electron chi connectivity index (χ1n) is 13.5. The Morgan fingerprint density at radius 1 is 1.07 bits per heavy atom. The summed E-state index contributed by atoms with van der Waals surface area (Å²) >= 11 is 3.13. The fraction of sp³-hybridized carbons (Fsp3) is 0.250. The van der Waals surface area contributed by atoms with Crippen LogP contribution in [0.4, 0.5) is 5.69 Å². The highest BCUT2D eigenvalue weighted by Crippen LogP contribution is 2.46. The molecule has 0 spiro atoms. The van der Waals surface area contributed by atoms with Crippen molar-refractivity contribution in [1.82, 2.24) is 4.57 Å². The highest BCUT2D eigenvalue weighted by molar-refractivity contribution is 8.08. The molecule has 0 saturated carbocycles. The van der Waals surface area contributed by atoms with Gasteiger partial charge in [0.15, 0.2) is 0 Å². The van der Waals surface area contributed by atoms with E-state index in [9.17, 15) is 17.8 Å². The number of aromatic nitrogens is 2. The van der Waals surface area contributed by atoms with Crippen molar-refractivity contribution in [3.05, 3.63) is 97.7 Å². The van der Waals surface area contributed by atoms with E-state index in [2.05, 4.69) is 22.5 Å². The Bertz CT molecular complexity index is 2100. The number of thioether (sulfide) groups is 1. The molecule has 0 saturated heterocycles. The van der Waals surface area contributed by atoms with E-state index in [4.69, 9.17) is 9.15 Å². The monoisotopic (exact) mass is 653 g/mol. The summed E-state index contributed by atoms with van der Waals surface area (Å²) in [6.45, 7) is 7.29. The molecule has 0 bridgehead atoms. The first-order valence-corrected chi connectivity index (χ1v) is 16.6. The lowest BCUT2D eigenvalue weighted by Gasteiger charge is -2.13. The molecule has 5 aromatic rings. The van der Waals surface area contributed by atoms with E-state index in [1.165, 1.54) is 23.5 Å². The second-order valence-corrected chi connectivity index (χ2v) is 13.1. The summed E-state index contributed by atoms with van der Waals surface area (Å²) in [6.07, 6.45) is 1.99. The molecule has 1 aliphatic rings. The molecule has 9 nitrogen and oxygen atoms in total. The Balaban J connectivity index is 0.000000313. The van der Waals surface area contributed by atoms with Crippen LogP contribution in [0, 0.1) is 6.92 Å². The van der Waals surface area contributed by atoms with Crippen LogP contribution in [-0.2, 0) is 23.2 Å². The number of methoxy groups -OCH3 is 1. The average Bonchev–Trinajstić information content (AvgIpc) is 3.62. The summed E-state index contributed by atoms with van der Waals surface area (Å²) in [4.78, 5) is 16.4. The zero-order valence-electron chi connectivity index (χ0n) is 24.4. The molecule has 0 radical (unpaired) electrons. The van der Waals surface area contributed by atoms with E-state index < -0.39 is 10.1 Å². The van der Waals surface area contributed by atoms with Crippen molar-refractivity contribution in [3.8, 4) is 5.75 Å². The second kappa shape index (κ2) is 13.4. The molecule has 12 heteroatoms. The predicted molar refractivity (Wildman–Crippen MR) is 176 cm³/mol. The minimum Gasteiger partial charge on any atom is -0.744 e. The number of hydrogen-bond donors (Lipinski definition) is 0. The number of ether oxygens (including phenoxy) is 1. The zero-order valence-corrected chi connectivity index (χ0v) is 26.8. The van der Waals surface area contributed by atoms with E-state index >= 15 is 0 Å². The maximum atomic E-state index is 13.4. The molecule has 44 heavy (non-hydrogen) atoms. The van der Waals surface area contributed by atoms with Gasteiger partial charge in [-0.05, 0) is 51.1 Å². The van der Waals surface area contributed by atoms with Crippen LogP contribution in [-0.4, -0.2) is 31.7 Å². The van der Waals surface area contributed by atoms with Gasteiger partial charge in [0.05, 0.1) is 23.8 Å². The van der Waals surface area contributed by atoms with Gasteiger partial charge in [0.1, 0.15) is 36.6 Å². The maximum Gasteiger partial charge on any atom is 0.377 e. The Kier molecular flexibility index (Phi) is 10.1. The Morgan fingerprint density at radius 2 is 1.77 bits per heavy atom. The third-order valence-electron chi connectivity index (χ3n) is 6.97. The molecule has 0 unspecified atom stereocenters. The zero-order chi connectivity index (χ0) is 30.9. The van der Waals surface area contributed by atoms with Crippen LogP contribution in [0.5, 0.6) is 5.75 Å². The number of aryl methyl sites for hydroxylation is 2. The SMILES string of the molecule is C.CCn1c(=Cc2oc3ccccc3[n+]2CC)s/c(=C2\Sc3ccc(OC)cc3N2C)c1=O.Cc1ccc(S(=O)(=O)[O-])cc1. The molecule has 2 aromatic heterocycles. The normalized spacial score (nSPS) is 14.2. The van der Waals surface area contributed by atoms with E-state index in [0.717, 1.165) is 59.7 Å². The minimum absolute atomic E-state index is 0. The van der Waals surface area contributed by atoms with Crippen molar-refractivity contribution in [1.29, 1.82) is 0 Å². The van der Waals surface area contributed by atoms with Gasteiger partial charge in [0.25, 0.3) is 11.1 Å². The highest BCUT2D eigenvalue weighted by atomic mass is 32.2. The van der Waals surface area contributed by atoms with Crippen molar-refractivity contribution in [2.45, 2.75) is 51.1 Å². The lowest BCUT2D eigenvalue weighted by molar-refractivity contribution is -0.674. The van der Waals surface area contributed by atoms with Crippen LogP contribution in [0.2, 0.25) is 0 Å². The van der Waals surface area contributed by atoms with Gasteiger partial charge in [-0.1, -0.05) is 49.0 Å². The van der Waals surface area contributed by atoms with Gasteiger partial charge in [0.2, 0.25) is 5.58 Å². The van der Waals surface area contributed by atoms with Crippen molar-refractivity contribution >= 4 is 61.1 Å². The number of thiazole rings is 1. The van der Waals surface area contributed by atoms with Crippen molar-refractivity contribution in [2.75, 3.05) is 19.1 Å². The van der Waals surface area contributed by atoms with Crippen LogP contribution in [0.15, 0.2) is 85.7 Å². The minimum atomic E-state index is -4.27. The Morgan fingerprint density at radius 3 is 2.41 bits per heavy atom. The lowest BCUT2D eigenvalue weighted by Crippen LogP contribution is -2.36. The van der Waals surface area contributed by atoms with Crippen molar-refractivity contribution in [2.24, 2.45) is 0 Å². The Hall–Kier alpha value is -3.84. The van der Waals surface area contributed by atoms with Gasteiger partial charge >= 0.3 is 5.89 Å². The molecule has 0 amide bonds. The molecule has 6 rings (SSSR count).